The van der Waals surface area contributed by atoms with Crippen molar-refractivity contribution in [3.05, 3.63) is 91.6 Å². The summed E-state index contributed by atoms with van der Waals surface area (Å²) < 4.78 is 2.43. The molecule has 1 aliphatic rings. The number of nitro groups is 1. The van der Waals surface area contributed by atoms with Crippen LogP contribution in [0, 0.1) is 24.0 Å². The fourth-order valence-corrected chi connectivity index (χ4v) is 5.06. The Hall–Kier alpha value is -2.94. The first-order valence-electron chi connectivity index (χ1n) is 9.24. The molecule has 0 atom stereocenters. The predicted octanol–water partition coefficient (Wildman–Crippen LogP) is 6.06. The number of thioether (sulfide) groups is 1. The second-order valence-electron chi connectivity index (χ2n) is 6.91. The van der Waals surface area contributed by atoms with Gasteiger partial charge < -0.3 is 4.57 Å². The third-order valence-electron chi connectivity index (χ3n) is 4.95. The van der Waals surface area contributed by atoms with Crippen molar-refractivity contribution < 1.29 is 9.72 Å². The largest absolute Gasteiger partial charge is 0.318 e. The van der Waals surface area contributed by atoms with Crippen LogP contribution in [0.1, 0.15) is 17.0 Å². The molecule has 0 radical (unpaired) electrons. The summed E-state index contributed by atoms with van der Waals surface area (Å²) in [5.74, 6) is -0.163. The maximum Gasteiger partial charge on any atom is 0.288 e. The van der Waals surface area contributed by atoms with E-state index in [1.165, 1.54) is 22.7 Å². The molecule has 0 aliphatic carbocycles. The highest BCUT2D eigenvalue weighted by Crippen LogP contribution is 2.37. The van der Waals surface area contributed by atoms with Crippen molar-refractivity contribution in [1.29, 1.82) is 0 Å². The average Bonchev–Trinajstić information content (AvgIpc) is 3.16. The van der Waals surface area contributed by atoms with Gasteiger partial charge in [0.1, 0.15) is 5.02 Å². The molecule has 31 heavy (non-hydrogen) atoms. The lowest BCUT2D eigenvalue weighted by Crippen LogP contribution is -2.27. The summed E-state index contributed by atoms with van der Waals surface area (Å²) >= 11 is 12.8. The SMILES string of the molecule is Cc1cc(/C=C2/SC(=S)N(c3ccccc3)C2=O)c(C)n1-c1ccc([N+](=O)[O-])c(Cl)c1. The van der Waals surface area contributed by atoms with Gasteiger partial charge in [-0.25, -0.2) is 0 Å². The molecule has 6 nitrogen and oxygen atoms in total. The van der Waals surface area contributed by atoms with Crippen molar-refractivity contribution in [2.75, 3.05) is 4.90 Å². The van der Waals surface area contributed by atoms with Crippen molar-refractivity contribution in [2.24, 2.45) is 0 Å². The van der Waals surface area contributed by atoms with Crippen LogP contribution in [0.25, 0.3) is 11.8 Å². The molecule has 0 N–H and O–H groups in total. The van der Waals surface area contributed by atoms with Crippen LogP contribution in [0.2, 0.25) is 5.02 Å². The van der Waals surface area contributed by atoms with E-state index >= 15 is 0 Å². The number of rotatable bonds is 4. The quantitative estimate of drug-likeness (QED) is 0.201. The van der Waals surface area contributed by atoms with Crippen LogP contribution in [-0.2, 0) is 4.79 Å². The number of thiocarbonyl (C=S) groups is 1. The van der Waals surface area contributed by atoms with Crippen LogP contribution in [0.3, 0.4) is 0 Å². The summed E-state index contributed by atoms with van der Waals surface area (Å²) in [6.45, 7) is 3.85. The average molecular weight is 470 g/mol. The molecule has 1 amide bonds. The van der Waals surface area contributed by atoms with Gasteiger partial charge in [0.05, 0.1) is 15.5 Å². The number of nitrogens with zero attached hydrogens (tertiary/aromatic N) is 3. The van der Waals surface area contributed by atoms with Crippen LogP contribution in [-0.4, -0.2) is 19.7 Å². The van der Waals surface area contributed by atoms with Gasteiger partial charge in [0.2, 0.25) is 0 Å². The van der Waals surface area contributed by atoms with Gasteiger partial charge in [-0.05, 0) is 55.8 Å². The van der Waals surface area contributed by atoms with Crippen LogP contribution in [0.5, 0.6) is 0 Å². The number of carbonyl (C=O) groups is 1. The number of benzene rings is 2. The minimum Gasteiger partial charge on any atom is -0.318 e. The molecule has 1 fully saturated rings. The molecule has 2 heterocycles. The summed E-state index contributed by atoms with van der Waals surface area (Å²) in [5.41, 5.74) is 3.96. The Balaban J connectivity index is 1.71. The Kier molecular flexibility index (Phi) is 5.70. The number of halogens is 1. The minimum absolute atomic E-state index is 0.0697. The smallest absolute Gasteiger partial charge is 0.288 e. The predicted molar refractivity (Wildman–Crippen MR) is 129 cm³/mol. The molecule has 0 spiro atoms. The van der Waals surface area contributed by atoms with Gasteiger partial charge in [-0.1, -0.05) is 53.8 Å². The molecular formula is C22H16ClN3O3S2. The number of anilines is 1. The standard InChI is InChI=1S/C22H16ClN3O3S2/c1-13-10-15(14(2)24(13)17-8-9-19(26(28)29)18(23)12-17)11-20-21(27)25(22(30)31-20)16-6-4-3-5-7-16/h3-12H,1-2H3/b20-11+. The first-order valence-corrected chi connectivity index (χ1v) is 10.8. The molecule has 3 aromatic rings. The van der Waals surface area contributed by atoms with Crippen molar-refractivity contribution >= 4 is 63.3 Å². The molecular weight excluding hydrogens is 454 g/mol. The van der Waals surface area contributed by atoms with Gasteiger partial charge in [-0.3, -0.25) is 19.8 Å². The number of aromatic nitrogens is 1. The third kappa shape index (κ3) is 3.89. The zero-order valence-electron chi connectivity index (χ0n) is 16.5. The second-order valence-corrected chi connectivity index (χ2v) is 8.99. The molecule has 4 rings (SSSR count). The second kappa shape index (κ2) is 8.30. The van der Waals surface area contributed by atoms with Gasteiger partial charge in [0.15, 0.2) is 4.32 Å². The molecule has 9 heteroatoms. The Bertz CT molecular complexity index is 1270. The summed E-state index contributed by atoms with van der Waals surface area (Å²) in [6.07, 6.45) is 1.83. The zero-order chi connectivity index (χ0) is 22.3. The molecule has 156 valence electrons. The number of amides is 1. The Morgan fingerprint density at radius 2 is 1.81 bits per heavy atom. The molecule has 2 aromatic carbocycles. The monoisotopic (exact) mass is 469 g/mol. The number of aryl methyl sites for hydroxylation is 1. The fourth-order valence-electron chi connectivity index (χ4n) is 3.52. The van der Waals surface area contributed by atoms with E-state index in [2.05, 4.69) is 0 Å². The maximum atomic E-state index is 13.0. The van der Waals surface area contributed by atoms with Gasteiger partial charge in [0, 0.05) is 23.1 Å². The summed E-state index contributed by atoms with van der Waals surface area (Å²) in [7, 11) is 0. The summed E-state index contributed by atoms with van der Waals surface area (Å²) in [5, 5.41) is 11.1. The van der Waals surface area contributed by atoms with Gasteiger partial charge >= 0.3 is 0 Å². The molecule has 0 bridgehead atoms. The van der Waals surface area contributed by atoms with E-state index in [9.17, 15) is 14.9 Å². The van der Waals surface area contributed by atoms with E-state index < -0.39 is 4.92 Å². The van der Waals surface area contributed by atoms with Gasteiger partial charge in [-0.2, -0.15) is 0 Å². The maximum absolute atomic E-state index is 13.0. The number of carbonyl (C=O) groups excluding carboxylic acids is 1. The van der Waals surface area contributed by atoms with Crippen LogP contribution < -0.4 is 4.90 Å². The lowest BCUT2D eigenvalue weighted by Gasteiger charge is -2.13. The van der Waals surface area contributed by atoms with E-state index in [4.69, 9.17) is 23.8 Å². The van der Waals surface area contributed by atoms with Gasteiger partial charge in [0.25, 0.3) is 11.6 Å². The summed E-state index contributed by atoms with van der Waals surface area (Å²) in [4.78, 5) is 25.6. The Labute approximate surface area is 193 Å². The van der Waals surface area contributed by atoms with E-state index in [0.717, 1.165) is 22.6 Å². The highest BCUT2D eigenvalue weighted by Gasteiger charge is 2.33. The van der Waals surface area contributed by atoms with E-state index in [-0.39, 0.29) is 16.6 Å². The molecule has 1 aromatic heterocycles. The number of para-hydroxylation sites is 1. The van der Waals surface area contributed by atoms with Crippen LogP contribution in [0.15, 0.2) is 59.5 Å². The number of hydrogen-bond acceptors (Lipinski definition) is 5. The van der Waals surface area contributed by atoms with Crippen LogP contribution >= 0.6 is 35.6 Å². The number of nitro benzene ring substituents is 1. The highest BCUT2D eigenvalue weighted by molar-refractivity contribution is 8.27. The molecule has 1 aliphatic heterocycles. The van der Waals surface area contributed by atoms with Crippen LogP contribution in [0.4, 0.5) is 11.4 Å². The van der Waals surface area contributed by atoms with Crippen molar-refractivity contribution in [2.45, 2.75) is 13.8 Å². The number of hydrogen-bond donors (Lipinski definition) is 0. The van der Waals surface area contributed by atoms with E-state index in [1.807, 2.05) is 60.9 Å². The minimum atomic E-state index is -0.512. The van der Waals surface area contributed by atoms with E-state index in [0.29, 0.717) is 14.9 Å². The Morgan fingerprint density at radius 1 is 1.10 bits per heavy atom. The first kappa shape index (κ1) is 21.3. The zero-order valence-corrected chi connectivity index (χ0v) is 18.9. The first-order chi connectivity index (χ1) is 14.8. The highest BCUT2D eigenvalue weighted by atomic mass is 35.5. The Morgan fingerprint density at radius 3 is 2.45 bits per heavy atom. The summed E-state index contributed by atoms with van der Waals surface area (Å²) in [6, 6.07) is 15.9. The molecule has 0 unspecified atom stereocenters. The molecule has 0 saturated carbocycles. The lowest BCUT2D eigenvalue weighted by molar-refractivity contribution is -0.384. The van der Waals surface area contributed by atoms with Crippen molar-refractivity contribution in [3.8, 4) is 5.69 Å². The molecule has 1 saturated heterocycles. The van der Waals surface area contributed by atoms with Gasteiger partial charge in [-0.15, -0.1) is 0 Å². The van der Waals surface area contributed by atoms with Crippen molar-refractivity contribution in [3.63, 3.8) is 0 Å². The van der Waals surface area contributed by atoms with Crippen molar-refractivity contribution in [1.82, 2.24) is 4.57 Å². The van der Waals surface area contributed by atoms with E-state index in [1.54, 1.807) is 12.1 Å². The topological polar surface area (TPSA) is 68.4 Å². The lowest BCUT2D eigenvalue weighted by atomic mass is 10.2. The third-order valence-corrected chi connectivity index (χ3v) is 6.56. The normalized spacial score (nSPS) is 15.2. The fraction of sp³-hybridized carbons (Fsp3) is 0.0909.